The molecule has 0 saturated carbocycles. The number of para-hydroxylation sites is 1. The van der Waals surface area contributed by atoms with E-state index >= 15 is 0 Å². The Hall–Kier alpha value is -3.23. The number of nitrogens with one attached hydrogen (secondary N) is 1. The number of ether oxygens (including phenoxy) is 1. The molecule has 1 amide bonds. The van der Waals surface area contributed by atoms with Gasteiger partial charge in [-0.15, -0.1) is 0 Å². The Bertz CT molecular complexity index is 1030. The molecule has 154 valence electrons. The third kappa shape index (κ3) is 5.22. The topological polar surface area (TPSA) is 56.1 Å². The van der Waals surface area contributed by atoms with E-state index in [0.29, 0.717) is 29.7 Å². The maximum atomic E-state index is 13.1. The minimum atomic E-state index is -4.64. The van der Waals surface area contributed by atoms with Crippen LogP contribution in [0, 0.1) is 6.92 Å². The molecule has 1 heterocycles. The van der Waals surface area contributed by atoms with Gasteiger partial charge in [-0.05, 0) is 25.0 Å². The molecule has 30 heavy (non-hydrogen) atoms. The van der Waals surface area contributed by atoms with Crippen LogP contribution in [0.2, 0.25) is 0 Å². The molecule has 1 aromatic heterocycles. The van der Waals surface area contributed by atoms with Crippen molar-refractivity contribution in [2.24, 2.45) is 0 Å². The number of amides is 1. The number of aromatic nitrogens is 2. The summed E-state index contributed by atoms with van der Waals surface area (Å²) in [5.74, 6) is -0.630. The van der Waals surface area contributed by atoms with Gasteiger partial charge >= 0.3 is 6.18 Å². The van der Waals surface area contributed by atoms with Gasteiger partial charge in [-0.1, -0.05) is 53.5 Å². The number of alkyl halides is 3. The van der Waals surface area contributed by atoms with Crippen molar-refractivity contribution in [1.29, 1.82) is 0 Å². The predicted octanol–water partition coefficient (Wildman–Crippen LogP) is 2.73. The normalized spacial score (nSPS) is 11.3. The third-order valence-corrected chi connectivity index (χ3v) is 4.43. The summed E-state index contributed by atoms with van der Waals surface area (Å²) in [6.45, 7) is 1.62. The van der Waals surface area contributed by atoms with Gasteiger partial charge in [0.05, 0.1) is 5.69 Å². The number of aryl methyl sites for hydroxylation is 1. The van der Waals surface area contributed by atoms with Gasteiger partial charge in [-0.2, -0.15) is 18.3 Å². The molecule has 5 nitrogen and oxygen atoms in total. The van der Waals surface area contributed by atoms with E-state index in [-0.39, 0.29) is 5.88 Å². The Balaban J connectivity index is 1.67. The first kappa shape index (κ1) is 21.5. The van der Waals surface area contributed by atoms with E-state index in [2.05, 4.69) is 10.4 Å². The summed E-state index contributed by atoms with van der Waals surface area (Å²) in [6.07, 6.45) is -4.11. The molecular weight excluding hydrogens is 394 g/mol. The molecule has 1 N–H and O–H groups in total. The van der Waals surface area contributed by atoms with Crippen molar-refractivity contribution in [1.82, 2.24) is 15.1 Å². The Morgan fingerprint density at radius 3 is 2.57 bits per heavy atom. The second kappa shape index (κ2) is 9.07. The fourth-order valence-electron chi connectivity index (χ4n) is 2.87. The van der Waals surface area contributed by atoms with E-state index in [1.807, 2.05) is 18.2 Å². The molecule has 3 rings (SSSR count). The van der Waals surface area contributed by atoms with Gasteiger partial charge in [0.15, 0.2) is 12.3 Å². The van der Waals surface area contributed by atoms with E-state index in [1.54, 1.807) is 37.3 Å². The maximum absolute atomic E-state index is 13.1. The van der Waals surface area contributed by atoms with Crippen LogP contribution in [0.5, 0.6) is 5.88 Å². The molecule has 0 atom stereocenters. The molecule has 3 aromatic rings. The molecule has 0 aliphatic carbocycles. The van der Waals surface area contributed by atoms with Crippen molar-refractivity contribution < 1.29 is 22.7 Å². The average molecular weight is 413 g/mol. The standard InChI is InChI=1S/C21H19BF3N3O2/c1-14-6-2-5-9-17(14)28-20(12-18(27-28)21(23,24)25)30-13-19(29)26-11-10-15-7-3-4-8-16(15)22/h2-9,12H,10-11,13H2,1H3,(H,26,29). The van der Waals surface area contributed by atoms with Crippen molar-refractivity contribution in [2.45, 2.75) is 19.5 Å². The highest BCUT2D eigenvalue weighted by molar-refractivity contribution is 6.33. The van der Waals surface area contributed by atoms with Gasteiger partial charge < -0.3 is 10.1 Å². The highest BCUT2D eigenvalue weighted by Gasteiger charge is 2.35. The fourth-order valence-corrected chi connectivity index (χ4v) is 2.87. The van der Waals surface area contributed by atoms with Crippen LogP contribution in [-0.4, -0.2) is 36.7 Å². The molecule has 0 aliphatic heterocycles. The summed E-state index contributed by atoms with van der Waals surface area (Å²) in [5, 5.41) is 6.29. The zero-order valence-corrected chi connectivity index (χ0v) is 16.2. The first-order valence-corrected chi connectivity index (χ1v) is 9.22. The largest absolute Gasteiger partial charge is 0.467 e. The maximum Gasteiger partial charge on any atom is 0.435 e. The second-order valence-corrected chi connectivity index (χ2v) is 6.65. The van der Waals surface area contributed by atoms with Crippen LogP contribution >= 0.6 is 0 Å². The lowest BCUT2D eigenvalue weighted by Gasteiger charge is -2.11. The SMILES string of the molecule is [B]c1ccccc1CCNC(=O)COc1cc(C(F)(F)F)nn1-c1ccccc1C. The van der Waals surface area contributed by atoms with E-state index in [4.69, 9.17) is 12.6 Å². The van der Waals surface area contributed by atoms with Crippen molar-refractivity contribution in [3.63, 3.8) is 0 Å². The summed E-state index contributed by atoms with van der Waals surface area (Å²) in [4.78, 5) is 12.1. The number of nitrogens with zero attached hydrogens (tertiary/aromatic N) is 2. The highest BCUT2D eigenvalue weighted by atomic mass is 19.4. The molecule has 0 spiro atoms. The predicted molar refractivity (Wildman–Crippen MR) is 107 cm³/mol. The number of rotatable bonds is 7. The summed E-state index contributed by atoms with van der Waals surface area (Å²) in [5.41, 5.74) is 1.57. The first-order valence-electron chi connectivity index (χ1n) is 9.22. The van der Waals surface area contributed by atoms with Gasteiger partial charge in [-0.25, -0.2) is 4.68 Å². The Kier molecular flexibility index (Phi) is 6.49. The number of carbonyl (C=O) groups excluding carboxylic acids is 1. The number of hydrogen-bond donors (Lipinski definition) is 1. The van der Waals surface area contributed by atoms with Crippen molar-refractivity contribution in [3.8, 4) is 11.6 Å². The van der Waals surface area contributed by atoms with Crippen molar-refractivity contribution in [3.05, 3.63) is 71.4 Å². The summed E-state index contributed by atoms with van der Waals surface area (Å²) in [6, 6.07) is 14.9. The van der Waals surface area contributed by atoms with Crippen molar-refractivity contribution >= 4 is 19.2 Å². The highest BCUT2D eigenvalue weighted by Crippen LogP contribution is 2.32. The molecule has 0 saturated heterocycles. The van der Waals surface area contributed by atoms with Gasteiger partial charge in [0.2, 0.25) is 5.88 Å². The van der Waals surface area contributed by atoms with Gasteiger partial charge in [0.1, 0.15) is 7.85 Å². The molecule has 0 aliphatic rings. The third-order valence-electron chi connectivity index (χ3n) is 4.43. The Morgan fingerprint density at radius 1 is 1.17 bits per heavy atom. The first-order chi connectivity index (χ1) is 14.3. The van der Waals surface area contributed by atoms with Crippen LogP contribution in [0.15, 0.2) is 54.6 Å². The van der Waals surface area contributed by atoms with Crippen LogP contribution in [-0.2, 0) is 17.4 Å². The van der Waals surface area contributed by atoms with Gasteiger partial charge in [0, 0.05) is 12.6 Å². The summed E-state index contributed by atoms with van der Waals surface area (Å²) in [7, 11) is 5.85. The monoisotopic (exact) mass is 413 g/mol. The lowest BCUT2D eigenvalue weighted by atomic mass is 9.89. The Morgan fingerprint density at radius 2 is 1.87 bits per heavy atom. The minimum Gasteiger partial charge on any atom is -0.467 e. The number of benzene rings is 2. The number of halogens is 3. The zero-order chi connectivity index (χ0) is 21.7. The summed E-state index contributed by atoms with van der Waals surface area (Å²) < 4.78 is 45.8. The molecule has 2 aromatic carbocycles. The fraction of sp³-hybridized carbons (Fsp3) is 0.238. The van der Waals surface area contributed by atoms with E-state index < -0.39 is 24.4 Å². The molecule has 0 bridgehead atoms. The molecule has 2 radical (unpaired) electrons. The smallest absolute Gasteiger partial charge is 0.435 e. The lowest BCUT2D eigenvalue weighted by Crippen LogP contribution is -2.31. The average Bonchev–Trinajstić information content (AvgIpc) is 3.13. The molecule has 0 unspecified atom stereocenters. The molecule has 9 heteroatoms. The van der Waals surface area contributed by atoms with Crippen LogP contribution < -0.4 is 15.5 Å². The second-order valence-electron chi connectivity index (χ2n) is 6.65. The van der Waals surface area contributed by atoms with E-state index in [1.165, 1.54) is 0 Å². The van der Waals surface area contributed by atoms with Crippen LogP contribution in [0.1, 0.15) is 16.8 Å². The van der Waals surface area contributed by atoms with E-state index in [9.17, 15) is 18.0 Å². The minimum absolute atomic E-state index is 0.168. The van der Waals surface area contributed by atoms with Crippen LogP contribution in [0.3, 0.4) is 0 Å². The lowest BCUT2D eigenvalue weighted by molar-refractivity contribution is -0.141. The van der Waals surface area contributed by atoms with Gasteiger partial charge in [-0.3, -0.25) is 4.79 Å². The van der Waals surface area contributed by atoms with Crippen LogP contribution in [0.4, 0.5) is 13.2 Å². The quantitative estimate of drug-likeness (QED) is 0.607. The molecular formula is C21H19BF3N3O2. The van der Waals surface area contributed by atoms with Crippen molar-refractivity contribution in [2.75, 3.05) is 13.2 Å². The molecule has 0 fully saturated rings. The zero-order valence-electron chi connectivity index (χ0n) is 16.2. The van der Waals surface area contributed by atoms with E-state index in [0.717, 1.165) is 16.3 Å². The number of hydrogen-bond acceptors (Lipinski definition) is 3. The number of carbonyl (C=O) groups is 1. The van der Waals surface area contributed by atoms with Gasteiger partial charge in [0.25, 0.3) is 5.91 Å². The Labute approximate surface area is 173 Å². The summed E-state index contributed by atoms with van der Waals surface area (Å²) >= 11 is 0. The van der Waals surface area contributed by atoms with Crippen LogP contribution in [0.25, 0.3) is 5.69 Å².